The van der Waals surface area contributed by atoms with Gasteiger partial charge in [-0.25, -0.2) is 4.99 Å². The maximum Gasteiger partial charge on any atom is 0.264 e. The van der Waals surface area contributed by atoms with Crippen molar-refractivity contribution in [2.24, 2.45) is 4.99 Å². The summed E-state index contributed by atoms with van der Waals surface area (Å²) in [4.78, 5) is 17.7. The largest absolute Gasteiger partial charge is 0.488 e. The van der Waals surface area contributed by atoms with Crippen molar-refractivity contribution in [1.29, 1.82) is 0 Å². The van der Waals surface area contributed by atoms with E-state index in [2.05, 4.69) is 29.4 Å². The highest BCUT2D eigenvalue weighted by molar-refractivity contribution is 8.18. The van der Waals surface area contributed by atoms with Gasteiger partial charge in [0.2, 0.25) is 0 Å². The third-order valence-electron chi connectivity index (χ3n) is 5.18. The van der Waals surface area contributed by atoms with Gasteiger partial charge in [0.15, 0.2) is 5.17 Å². The standard InChI is InChI=1S/C27H25ClN2O2S/c1-2-3-8-19-13-15-22(16-14-19)29-27-30-26(31)25(33-27)17-20-9-5-7-12-24(20)32-18-21-10-4-6-11-23(21)28/h4-7,9-17H,2-3,8,18H2,1H3,(H,29,30,31). The van der Waals surface area contributed by atoms with Crippen molar-refractivity contribution in [3.05, 3.63) is 99.4 Å². The highest BCUT2D eigenvalue weighted by Gasteiger charge is 2.24. The number of unbranched alkanes of at least 4 members (excludes halogenated alkanes) is 1. The molecule has 1 aliphatic heterocycles. The average Bonchev–Trinajstić information content (AvgIpc) is 3.17. The molecule has 0 aromatic heterocycles. The van der Waals surface area contributed by atoms with Crippen LogP contribution in [0.1, 0.15) is 36.5 Å². The molecule has 1 aliphatic rings. The van der Waals surface area contributed by atoms with Crippen molar-refractivity contribution in [2.75, 3.05) is 0 Å². The first-order valence-corrected chi connectivity index (χ1v) is 12.2. The van der Waals surface area contributed by atoms with Gasteiger partial charge in [0.25, 0.3) is 5.91 Å². The Balaban J connectivity index is 1.47. The molecular formula is C27H25ClN2O2S. The summed E-state index contributed by atoms with van der Waals surface area (Å²) in [6.07, 6.45) is 5.26. The van der Waals surface area contributed by atoms with Crippen molar-refractivity contribution < 1.29 is 9.53 Å². The van der Waals surface area contributed by atoms with Crippen LogP contribution < -0.4 is 10.1 Å². The zero-order valence-electron chi connectivity index (χ0n) is 18.4. The molecule has 3 aromatic carbocycles. The predicted octanol–water partition coefficient (Wildman–Crippen LogP) is 7.15. The molecule has 0 bridgehead atoms. The number of carbonyl (C=O) groups is 1. The number of benzene rings is 3. The van der Waals surface area contributed by atoms with E-state index in [4.69, 9.17) is 16.3 Å². The third kappa shape index (κ3) is 6.28. The Morgan fingerprint density at radius 2 is 1.79 bits per heavy atom. The molecule has 0 atom stereocenters. The minimum atomic E-state index is -0.167. The molecule has 1 N–H and O–H groups in total. The number of rotatable bonds is 8. The number of para-hydroxylation sites is 1. The van der Waals surface area contributed by atoms with Crippen molar-refractivity contribution in [1.82, 2.24) is 5.32 Å². The van der Waals surface area contributed by atoms with Gasteiger partial charge in [-0.05, 0) is 60.5 Å². The predicted molar refractivity (Wildman–Crippen MR) is 138 cm³/mol. The van der Waals surface area contributed by atoms with Gasteiger partial charge in [0.1, 0.15) is 12.4 Å². The lowest BCUT2D eigenvalue weighted by Gasteiger charge is -2.10. The quantitative estimate of drug-likeness (QED) is 0.351. The number of nitrogens with zero attached hydrogens (tertiary/aromatic N) is 1. The molecule has 1 heterocycles. The van der Waals surface area contributed by atoms with E-state index in [0.717, 1.165) is 23.2 Å². The minimum absolute atomic E-state index is 0.167. The van der Waals surface area contributed by atoms with Crippen LogP contribution in [0.4, 0.5) is 5.69 Å². The summed E-state index contributed by atoms with van der Waals surface area (Å²) in [5, 5.41) is 4.09. The Kier molecular flexibility index (Phi) is 7.87. The van der Waals surface area contributed by atoms with E-state index in [-0.39, 0.29) is 5.91 Å². The summed E-state index contributed by atoms with van der Waals surface area (Å²) in [6.45, 7) is 2.54. The molecule has 0 unspecified atom stereocenters. The Bertz CT molecular complexity index is 1190. The fraction of sp³-hybridized carbons (Fsp3) is 0.185. The van der Waals surface area contributed by atoms with E-state index >= 15 is 0 Å². The van der Waals surface area contributed by atoms with Gasteiger partial charge in [0.05, 0.1) is 10.6 Å². The van der Waals surface area contributed by atoms with Gasteiger partial charge in [-0.1, -0.05) is 73.5 Å². The first-order chi connectivity index (χ1) is 16.1. The molecule has 0 saturated carbocycles. The SMILES string of the molecule is CCCCc1ccc(N=C2NC(=O)C(=Cc3ccccc3OCc3ccccc3Cl)S2)cc1. The number of aryl methyl sites for hydroxylation is 1. The summed E-state index contributed by atoms with van der Waals surface area (Å²) in [7, 11) is 0. The normalized spacial score (nSPS) is 15.8. The molecule has 1 saturated heterocycles. The van der Waals surface area contributed by atoms with Crippen molar-refractivity contribution in [2.45, 2.75) is 32.8 Å². The molecule has 1 fully saturated rings. The molecule has 168 valence electrons. The molecular weight excluding hydrogens is 452 g/mol. The fourth-order valence-corrected chi connectivity index (χ4v) is 4.38. The van der Waals surface area contributed by atoms with Crippen LogP contribution in [0.15, 0.2) is 82.7 Å². The molecule has 33 heavy (non-hydrogen) atoms. The summed E-state index contributed by atoms with van der Waals surface area (Å²) in [5.74, 6) is 0.519. The topological polar surface area (TPSA) is 50.7 Å². The minimum Gasteiger partial charge on any atom is -0.488 e. The zero-order valence-corrected chi connectivity index (χ0v) is 20.0. The van der Waals surface area contributed by atoms with Crippen LogP contribution in [0.3, 0.4) is 0 Å². The number of amidine groups is 1. The molecule has 4 rings (SSSR count). The smallest absolute Gasteiger partial charge is 0.264 e. The molecule has 3 aromatic rings. The van der Waals surface area contributed by atoms with E-state index in [9.17, 15) is 4.79 Å². The highest BCUT2D eigenvalue weighted by atomic mass is 35.5. The van der Waals surface area contributed by atoms with Crippen LogP contribution in [0.5, 0.6) is 5.75 Å². The highest BCUT2D eigenvalue weighted by Crippen LogP contribution is 2.31. The summed E-state index contributed by atoms with van der Waals surface area (Å²) in [5.41, 5.74) is 3.86. The molecule has 0 spiro atoms. The monoisotopic (exact) mass is 476 g/mol. The van der Waals surface area contributed by atoms with E-state index in [1.807, 2.05) is 66.7 Å². The Labute approximate surface area is 203 Å². The number of halogens is 1. The van der Waals surface area contributed by atoms with Gasteiger partial charge < -0.3 is 10.1 Å². The Morgan fingerprint density at radius 3 is 2.58 bits per heavy atom. The van der Waals surface area contributed by atoms with Gasteiger partial charge in [-0.2, -0.15) is 0 Å². The molecule has 1 amide bonds. The third-order valence-corrected chi connectivity index (χ3v) is 6.46. The van der Waals surface area contributed by atoms with E-state index < -0.39 is 0 Å². The molecule has 0 aliphatic carbocycles. The number of hydrogen-bond acceptors (Lipinski definition) is 4. The van der Waals surface area contributed by atoms with Crippen molar-refractivity contribution >= 4 is 46.2 Å². The second kappa shape index (κ2) is 11.2. The van der Waals surface area contributed by atoms with Crippen molar-refractivity contribution in [3.63, 3.8) is 0 Å². The zero-order chi connectivity index (χ0) is 23.0. The van der Waals surface area contributed by atoms with Crippen LogP contribution >= 0.6 is 23.4 Å². The van der Waals surface area contributed by atoms with Crippen LogP contribution in [0, 0.1) is 0 Å². The second-order valence-electron chi connectivity index (χ2n) is 7.67. The number of carbonyl (C=O) groups excluding carboxylic acids is 1. The van der Waals surface area contributed by atoms with Gasteiger partial charge in [0, 0.05) is 16.1 Å². The Morgan fingerprint density at radius 1 is 1.03 bits per heavy atom. The van der Waals surface area contributed by atoms with Crippen LogP contribution in [-0.2, 0) is 17.8 Å². The number of hydrogen-bond donors (Lipinski definition) is 1. The second-order valence-corrected chi connectivity index (χ2v) is 9.11. The summed E-state index contributed by atoms with van der Waals surface area (Å²) in [6, 6.07) is 23.4. The van der Waals surface area contributed by atoms with Gasteiger partial charge in [-0.3, -0.25) is 4.79 Å². The summed E-state index contributed by atoms with van der Waals surface area (Å²) >= 11 is 7.56. The lowest BCUT2D eigenvalue weighted by molar-refractivity contribution is -0.115. The van der Waals surface area contributed by atoms with Crippen LogP contribution in [0.25, 0.3) is 6.08 Å². The number of ether oxygens (including phenoxy) is 1. The lowest BCUT2D eigenvalue weighted by atomic mass is 10.1. The van der Waals surface area contributed by atoms with E-state index in [1.165, 1.54) is 30.2 Å². The van der Waals surface area contributed by atoms with E-state index in [0.29, 0.717) is 27.5 Å². The summed E-state index contributed by atoms with van der Waals surface area (Å²) < 4.78 is 6.01. The average molecular weight is 477 g/mol. The molecule has 0 radical (unpaired) electrons. The Hall–Kier alpha value is -3.02. The van der Waals surface area contributed by atoms with Crippen LogP contribution in [0.2, 0.25) is 5.02 Å². The number of thioether (sulfide) groups is 1. The van der Waals surface area contributed by atoms with E-state index in [1.54, 1.807) is 0 Å². The van der Waals surface area contributed by atoms with Crippen LogP contribution in [-0.4, -0.2) is 11.1 Å². The van der Waals surface area contributed by atoms with Crippen molar-refractivity contribution in [3.8, 4) is 5.75 Å². The first kappa shape index (κ1) is 23.1. The maximum absolute atomic E-state index is 12.5. The number of nitrogens with one attached hydrogen (secondary N) is 1. The molecule has 6 heteroatoms. The molecule has 4 nitrogen and oxygen atoms in total. The van der Waals surface area contributed by atoms with Gasteiger partial charge >= 0.3 is 0 Å². The number of amides is 1. The maximum atomic E-state index is 12.5. The first-order valence-electron chi connectivity index (χ1n) is 11.0. The van der Waals surface area contributed by atoms with Gasteiger partial charge in [-0.15, -0.1) is 0 Å². The number of aliphatic imine (C=N–C) groups is 1. The fourth-order valence-electron chi connectivity index (χ4n) is 3.36. The lowest BCUT2D eigenvalue weighted by Crippen LogP contribution is -2.19.